The van der Waals surface area contributed by atoms with Gasteiger partial charge in [-0.3, -0.25) is 4.79 Å². The number of nitrogens with two attached hydrogens (primary N) is 1. The van der Waals surface area contributed by atoms with E-state index in [0.717, 1.165) is 41.5 Å². The minimum Gasteiger partial charge on any atom is -0.376 e. The molecule has 0 bridgehead atoms. The molecule has 1 unspecified atom stereocenters. The number of hydrogen-bond acceptors (Lipinski definition) is 6. The summed E-state index contributed by atoms with van der Waals surface area (Å²) >= 11 is 1.44. The van der Waals surface area contributed by atoms with E-state index in [0.29, 0.717) is 18.7 Å². The SMILES string of the molecule is CC(C)(C)C(=O)CSc1nnc([C@@H](N)Cc2c[nH]c3ccccc23)n1CC1CCCO1. The van der Waals surface area contributed by atoms with E-state index >= 15 is 0 Å². The minimum atomic E-state index is -0.374. The number of aromatic amines is 1. The molecule has 4 rings (SSSR count). The molecular formula is C23H31N5O2S. The number of H-pyrrole nitrogens is 1. The van der Waals surface area contributed by atoms with Crippen molar-refractivity contribution in [2.75, 3.05) is 12.4 Å². The molecule has 2 atom stereocenters. The zero-order chi connectivity index (χ0) is 22.0. The third-order valence-electron chi connectivity index (χ3n) is 5.77. The van der Waals surface area contributed by atoms with Gasteiger partial charge in [0.05, 0.1) is 24.4 Å². The fourth-order valence-corrected chi connectivity index (χ4v) is 4.94. The van der Waals surface area contributed by atoms with Gasteiger partial charge in [0.15, 0.2) is 11.0 Å². The van der Waals surface area contributed by atoms with Crippen molar-refractivity contribution >= 4 is 28.4 Å². The lowest BCUT2D eigenvalue weighted by molar-refractivity contribution is -0.123. The van der Waals surface area contributed by atoms with Crippen LogP contribution >= 0.6 is 11.8 Å². The summed E-state index contributed by atoms with van der Waals surface area (Å²) in [6.45, 7) is 7.27. The Labute approximate surface area is 187 Å². The molecule has 166 valence electrons. The number of fused-ring (bicyclic) bond motifs is 1. The maximum atomic E-state index is 12.4. The highest BCUT2D eigenvalue weighted by molar-refractivity contribution is 7.99. The van der Waals surface area contributed by atoms with Crippen LogP contribution in [0.1, 0.15) is 51.0 Å². The predicted molar refractivity (Wildman–Crippen MR) is 123 cm³/mol. The molecule has 31 heavy (non-hydrogen) atoms. The Morgan fingerprint density at radius 2 is 2.16 bits per heavy atom. The van der Waals surface area contributed by atoms with E-state index in [2.05, 4.69) is 31.9 Å². The number of rotatable bonds is 8. The normalized spacial score (nSPS) is 18.0. The van der Waals surface area contributed by atoms with Gasteiger partial charge in [-0.2, -0.15) is 0 Å². The van der Waals surface area contributed by atoms with Gasteiger partial charge in [0.2, 0.25) is 0 Å². The number of ketones is 1. The van der Waals surface area contributed by atoms with Gasteiger partial charge in [-0.15, -0.1) is 10.2 Å². The average Bonchev–Trinajstić information content (AvgIpc) is 3.47. The highest BCUT2D eigenvalue weighted by atomic mass is 32.2. The van der Waals surface area contributed by atoms with E-state index in [4.69, 9.17) is 10.5 Å². The number of ether oxygens (including phenoxy) is 1. The largest absolute Gasteiger partial charge is 0.376 e. The van der Waals surface area contributed by atoms with Crippen LogP contribution in [0.5, 0.6) is 0 Å². The average molecular weight is 442 g/mol. The van der Waals surface area contributed by atoms with Crippen molar-refractivity contribution in [2.45, 2.75) is 63.9 Å². The van der Waals surface area contributed by atoms with Crippen LogP contribution in [0.3, 0.4) is 0 Å². The molecule has 7 nitrogen and oxygen atoms in total. The van der Waals surface area contributed by atoms with Gasteiger partial charge in [0.1, 0.15) is 5.78 Å². The van der Waals surface area contributed by atoms with Crippen molar-refractivity contribution < 1.29 is 9.53 Å². The lowest BCUT2D eigenvalue weighted by Gasteiger charge is -2.19. The Balaban J connectivity index is 1.56. The maximum Gasteiger partial charge on any atom is 0.191 e. The van der Waals surface area contributed by atoms with E-state index in [9.17, 15) is 4.79 Å². The highest BCUT2D eigenvalue weighted by Crippen LogP contribution is 2.28. The second kappa shape index (κ2) is 9.14. The molecule has 1 saturated heterocycles. The van der Waals surface area contributed by atoms with Crippen LogP contribution in [0.4, 0.5) is 0 Å². The summed E-state index contributed by atoms with van der Waals surface area (Å²) < 4.78 is 7.93. The van der Waals surface area contributed by atoms with Gasteiger partial charge < -0.3 is 20.0 Å². The summed E-state index contributed by atoms with van der Waals surface area (Å²) in [6, 6.07) is 7.91. The first kappa shape index (κ1) is 22.0. The summed E-state index contributed by atoms with van der Waals surface area (Å²) in [7, 11) is 0. The molecular weight excluding hydrogens is 410 g/mol. The lowest BCUT2D eigenvalue weighted by Crippen LogP contribution is -2.24. The number of carbonyl (C=O) groups is 1. The smallest absolute Gasteiger partial charge is 0.191 e. The molecule has 3 aromatic rings. The molecule has 2 aromatic heterocycles. The quantitative estimate of drug-likeness (QED) is 0.515. The van der Waals surface area contributed by atoms with E-state index in [1.165, 1.54) is 17.1 Å². The van der Waals surface area contributed by atoms with Gasteiger partial charge >= 0.3 is 0 Å². The third kappa shape index (κ3) is 5.02. The molecule has 0 radical (unpaired) electrons. The Morgan fingerprint density at radius 3 is 2.90 bits per heavy atom. The Morgan fingerprint density at radius 1 is 1.35 bits per heavy atom. The summed E-state index contributed by atoms with van der Waals surface area (Å²) in [5, 5.41) is 10.8. The van der Waals surface area contributed by atoms with Crippen molar-refractivity contribution in [1.82, 2.24) is 19.7 Å². The number of nitrogens with zero attached hydrogens (tertiary/aromatic N) is 3. The standard InChI is InChI=1S/C23H31N5O2S/c1-23(2,3)20(29)14-31-22-27-26-21(28(22)13-16-7-6-10-30-16)18(24)11-15-12-25-19-9-5-4-8-17(15)19/h4-5,8-9,12,16,18,25H,6-7,10-11,13-14,24H2,1-3H3/t16?,18-/m0/s1. The number of carbonyl (C=O) groups excluding carboxylic acids is 1. The summed E-state index contributed by atoms with van der Waals surface area (Å²) in [6.07, 6.45) is 4.88. The lowest BCUT2D eigenvalue weighted by atomic mass is 9.92. The number of benzene rings is 1. The monoisotopic (exact) mass is 441 g/mol. The number of aromatic nitrogens is 4. The highest BCUT2D eigenvalue weighted by Gasteiger charge is 2.26. The molecule has 0 amide bonds. The first-order valence-electron chi connectivity index (χ1n) is 10.8. The molecule has 1 aliphatic rings. The van der Waals surface area contributed by atoms with Gasteiger partial charge in [0.25, 0.3) is 0 Å². The van der Waals surface area contributed by atoms with E-state index < -0.39 is 0 Å². The topological polar surface area (TPSA) is 98.8 Å². The molecule has 1 fully saturated rings. The molecule has 0 spiro atoms. The van der Waals surface area contributed by atoms with Crippen LogP contribution in [0.2, 0.25) is 0 Å². The zero-order valence-electron chi connectivity index (χ0n) is 18.4. The third-order valence-corrected chi connectivity index (χ3v) is 6.74. The first-order chi connectivity index (χ1) is 14.8. The van der Waals surface area contributed by atoms with Crippen molar-refractivity contribution in [1.29, 1.82) is 0 Å². The molecule has 3 heterocycles. The second-order valence-electron chi connectivity index (χ2n) is 9.22. The number of nitrogens with one attached hydrogen (secondary N) is 1. The second-order valence-corrected chi connectivity index (χ2v) is 10.2. The number of Topliss-reactive ketones (excluding diaryl/α,β-unsaturated/α-hetero) is 1. The van der Waals surface area contributed by atoms with Gasteiger partial charge in [-0.25, -0.2) is 0 Å². The van der Waals surface area contributed by atoms with E-state index in [-0.39, 0.29) is 23.3 Å². The number of thioether (sulfide) groups is 1. The van der Waals surface area contributed by atoms with Crippen molar-refractivity contribution in [3.05, 3.63) is 41.9 Å². The minimum absolute atomic E-state index is 0.132. The predicted octanol–water partition coefficient (Wildman–Crippen LogP) is 3.89. The number of para-hydroxylation sites is 1. The first-order valence-corrected chi connectivity index (χ1v) is 11.8. The Bertz CT molecular complexity index is 1050. The van der Waals surface area contributed by atoms with E-state index in [1.54, 1.807) is 0 Å². The molecule has 1 aliphatic heterocycles. The maximum absolute atomic E-state index is 12.4. The van der Waals surface area contributed by atoms with Gasteiger partial charge in [0, 0.05) is 29.1 Å². The van der Waals surface area contributed by atoms with Gasteiger partial charge in [-0.05, 0) is 30.9 Å². The van der Waals surface area contributed by atoms with Crippen LogP contribution in [0.15, 0.2) is 35.6 Å². The molecule has 8 heteroatoms. The molecule has 3 N–H and O–H groups in total. The zero-order valence-corrected chi connectivity index (χ0v) is 19.2. The summed E-state index contributed by atoms with van der Waals surface area (Å²) in [5.41, 5.74) is 8.52. The van der Waals surface area contributed by atoms with Crippen LogP contribution in [-0.2, 0) is 22.5 Å². The number of hydrogen-bond donors (Lipinski definition) is 2. The fraction of sp³-hybridized carbons (Fsp3) is 0.522. The van der Waals surface area contributed by atoms with Crippen molar-refractivity contribution in [3.63, 3.8) is 0 Å². The fourth-order valence-electron chi connectivity index (χ4n) is 3.82. The van der Waals surface area contributed by atoms with Crippen LogP contribution < -0.4 is 5.73 Å². The van der Waals surface area contributed by atoms with E-state index in [1.807, 2.05) is 39.1 Å². The van der Waals surface area contributed by atoms with Crippen molar-refractivity contribution in [3.8, 4) is 0 Å². The van der Waals surface area contributed by atoms with Crippen molar-refractivity contribution in [2.24, 2.45) is 11.1 Å². The van der Waals surface area contributed by atoms with Gasteiger partial charge in [-0.1, -0.05) is 50.7 Å². The van der Waals surface area contributed by atoms with Crippen LogP contribution in [-0.4, -0.2) is 44.0 Å². The molecule has 1 aromatic carbocycles. The summed E-state index contributed by atoms with van der Waals surface area (Å²) in [5.74, 6) is 1.30. The van der Waals surface area contributed by atoms with Crippen LogP contribution in [0, 0.1) is 5.41 Å². The Kier molecular flexibility index (Phi) is 6.50. The van der Waals surface area contributed by atoms with Crippen LogP contribution in [0.25, 0.3) is 10.9 Å². The summed E-state index contributed by atoms with van der Waals surface area (Å²) in [4.78, 5) is 15.7. The Hall–Kier alpha value is -2.16. The molecule has 0 aliphatic carbocycles. The molecule has 0 saturated carbocycles.